The first-order valence-electron chi connectivity index (χ1n) is 12.3. The molecule has 0 fully saturated rings. The van der Waals surface area contributed by atoms with Crippen molar-refractivity contribution in [3.63, 3.8) is 0 Å². The van der Waals surface area contributed by atoms with Gasteiger partial charge in [0, 0.05) is 12.0 Å². The second-order valence-electron chi connectivity index (χ2n) is 9.13. The van der Waals surface area contributed by atoms with Gasteiger partial charge in [-0.2, -0.15) is 0 Å². The minimum absolute atomic E-state index is 0.105. The summed E-state index contributed by atoms with van der Waals surface area (Å²) in [5.74, 6) is 3.33. The molecule has 0 spiro atoms. The van der Waals surface area contributed by atoms with Gasteiger partial charge in [-0.15, -0.1) is 0 Å². The van der Waals surface area contributed by atoms with Gasteiger partial charge in [-0.25, -0.2) is 4.57 Å². The van der Waals surface area contributed by atoms with Crippen molar-refractivity contribution in [3.05, 3.63) is 114 Å². The van der Waals surface area contributed by atoms with E-state index in [4.69, 9.17) is 24.9 Å². The molecular formula is C31H28N3O3+. The molecule has 4 aromatic carbocycles. The normalized spacial score (nSPS) is 13.9. The summed E-state index contributed by atoms with van der Waals surface area (Å²) in [6, 6.07) is 28.9. The third kappa shape index (κ3) is 4.00. The molecule has 1 aliphatic heterocycles. The zero-order valence-corrected chi connectivity index (χ0v) is 20.8. The number of nitrogens with two attached hydrogens (primary N) is 1. The van der Waals surface area contributed by atoms with E-state index in [1.807, 2.05) is 34.9 Å². The predicted octanol–water partition coefficient (Wildman–Crippen LogP) is 5.65. The maximum atomic E-state index is 6.90. The number of methoxy groups -OCH3 is 2. The molecule has 2 N–H and O–H groups in total. The summed E-state index contributed by atoms with van der Waals surface area (Å²) in [6.45, 7) is 0.658. The molecule has 6 rings (SSSR count). The topological polar surface area (TPSA) is 70.5 Å². The van der Waals surface area contributed by atoms with Gasteiger partial charge in [0.15, 0.2) is 11.5 Å². The number of benzene rings is 4. The Balaban J connectivity index is 1.44. The van der Waals surface area contributed by atoms with Crippen LogP contribution in [0.2, 0.25) is 0 Å². The summed E-state index contributed by atoms with van der Waals surface area (Å²) in [5.41, 5.74) is 11.2. The van der Waals surface area contributed by atoms with Gasteiger partial charge in [0.05, 0.1) is 26.7 Å². The quantitative estimate of drug-likeness (QED) is 0.306. The molecule has 1 atom stereocenters. The van der Waals surface area contributed by atoms with E-state index in [0.717, 1.165) is 45.2 Å². The first-order valence-corrected chi connectivity index (χ1v) is 12.3. The Bertz CT molecular complexity index is 1600. The molecule has 0 radical (unpaired) electrons. The van der Waals surface area contributed by atoms with E-state index in [1.165, 1.54) is 0 Å². The molecule has 0 saturated carbocycles. The van der Waals surface area contributed by atoms with Crippen LogP contribution in [0.15, 0.2) is 91.3 Å². The van der Waals surface area contributed by atoms with E-state index in [0.29, 0.717) is 29.7 Å². The van der Waals surface area contributed by atoms with Crippen molar-refractivity contribution >= 4 is 16.6 Å². The van der Waals surface area contributed by atoms with Gasteiger partial charge in [0.2, 0.25) is 12.1 Å². The third-order valence-corrected chi connectivity index (χ3v) is 7.07. The van der Waals surface area contributed by atoms with Gasteiger partial charge in [0.1, 0.15) is 11.3 Å². The highest BCUT2D eigenvalue weighted by molar-refractivity contribution is 5.90. The molecule has 5 aromatic rings. The van der Waals surface area contributed by atoms with Gasteiger partial charge in [-0.3, -0.25) is 0 Å². The van der Waals surface area contributed by atoms with Crippen LogP contribution in [0.4, 0.5) is 5.82 Å². The van der Waals surface area contributed by atoms with E-state index in [2.05, 4.69) is 54.6 Å². The van der Waals surface area contributed by atoms with Crippen molar-refractivity contribution < 1.29 is 18.8 Å². The Morgan fingerprint density at radius 1 is 0.865 bits per heavy atom. The average molecular weight is 491 g/mol. The molecule has 0 saturated heterocycles. The number of ether oxygens (including phenoxy) is 3. The molecule has 184 valence electrons. The van der Waals surface area contributed by atoms with Gasteiger partial charge in [0.25, 0.3) is 0 Å². The molecule has 1 aromatic heterocycles. The molecule has 37 heavy (non-hydrogen) atoms. The maximum Gasteiger partial charge on any atom is 0.306 e. The number of fused-ring (bicyclic) bond motifs is 4. The van der Waals surface area contributed by atoms with E-state index in [-0.39, 0.29) is 5.92 Å². The predicted molar refractivity (Wildman–Crippen MR) is 144 cm³/mol. The van der Waals surface area contributed by atoms with Crippen LogP contribution in [0.3, 0.4) is 0 Å². The minimum atomic E-state index is -0.105. The van der Waals surface area contributed by atoms with E-state index < -0.39 is 0 Å². The van der Waals surface area contributed by atoms with E-state index in [1.54, 1.807) is 20.5 Å². The highest BCUT2D eigenvalue weighted by Gasteiger charge is 2.37. The van der Waals surface area contributed by atoms with Crippen LogP contribution in [0, 0.1) is 0 Å². The van der Waals surface area contributed by atoms with Gasteiger partial charge in [-0.1, -0.05) is 71.7 Å². The standard InChI is InChI=1S/C31H27N3O3/c1-35-24-14-12-20(18-26(24)36-2)16-17-34-19-33-31-29(30(34)32)27(22-9-4-3-5-10-22)28-23-11-7-6-8-21(23)13-15-25(28)37-31/h3-15,18-19,27,32H,16-17H2,1-2H3/p+1. The number of nitrogens with zero attached hydrogens (tertiary/aromatic N) is 2. The van der Waals surface area contributed by atoms with E-state index in [9.17, 15) is 0 Å². The first-order chi connectivity index (χ1) is 18.2. The number of hydrogen-bond donors (Lipinski definition) is 1. The lowest BCUT2D eigenvalue weighted by Crippen LogP contribution is -2.40. The average Bonchev–Trinajstić information content (AvgIpc) is 2.96. The summed E-state index contributed by atoms with van der Waals surface area (Å²) >= 11 is 0. The largest absolute Gasteiger partial charge is 0.493 e. The zero-order valence-electron chi connectivity index (χ0n) is 20.8. The molecule has 6 nitrogen and oxygen atoms in total. The highest BCUT2D eigenvalue weighted by Crippen LogP contribution is 2.50. The van der Waals surface area contributed by atoms with Crippen molar-refractivity contribution in [2.75, 3.05) is 20.0 Å². The second-order valence-corrected chi connectivity index (χ2v) is 9.13. The van der Waals surface area contributed by atoms with Gasteiger partial charge in [-0.05, 0) is 40.1 Å². The van der Waals surface area contributed by atoms with E-state index >= 15 is 0 Å². The molecule has 6 heteroatoms. The molecule has 0 amide bonds. The molecule has 1 unspecified atom stereocenters. The fourth-order valence-corrected chi connectivity index (χ4v) is 5.22. The SMILES string of the molecule is COc1ccc(CC[n+]2cnc3c(c2N)C(c2ccccc2)c2c(ccc4ccccc24)O3)cc1OC. The highest BCUT2D eigenvalue weighted by atomic mass is 16.5. The molecule has 0 aliphatic carbocycles. The third-order valence-electron chi connectivity index (χ3n) is 7.07. The Labute approximate surface area is 215 Å². The Morgan fingerprint density at radius 2 is 1.65 bits per heavy atom. The molecule has 2 heterocycles. The van der Waals surface area contributed by atoms with Gasteiger partial charge >= 0.3 is 5.88 Å². The number of anilines is 1. The maximum absolute atomic E-state index is 6.90. The van der Waals surface area contributed by atoms with Crippen LogP contribution < -0.4 is 24.5 Å². The number of aromatic nitrogens is 2. The lowest BCUT2D eigenvalue weighted by molar-refractivity contribution is -0.685. The molecule has 1 aliphatic rings. The van der Waals surface area contributed by atoms with Crippen LogP contribution in [-0.2, 0) is 13.0 Å². The van der Waals surface area contributed by atoms with Crippen molar-refractivity contribution in [3.8, 4) is 23.1 Å². The Hall–Kier alpha value is -4.58. The second kappa shape index (κ2) is 9.47. The lowest BCUT2D eigenvalue weighted by Gasteiger charge is -2.28. The van der Waals surface area contributed by atoms with Crippen molar-refractivity contribution in [1.82, 2.24) is 4.98 Å². The Morgan fingerprint density at radius 3 is 2.46 bits per heavy atom. The molecular weight excluding hydrogens is 462 g/mol. The lowest BCUT2D eigenvalue weighted by atomic mass is 9.81. The Kier molecular flexibility index (Phi) is 5.85. The molecule has 0 bridgehead atoms. The fraction of sp³-hybridized carbons (Fsp3) is 0.161. The van der Waals surface area contributed by atoms with Crippen molar-refractivity contribution in [1.29, 1.82) is 0 Å². The summed E-state index contributed by atoms with van der Waals surface area (Å²) in [7, 11) is 3.28. The number of rotatable bonds is 6. The summed E-state index contributed by atoms with van der Waals surface area (Å²) in [6.07, 6.45) is 2.52. The van der Waals surface area contributed by atoms with Gasteiger partial charge < -0.3 is 19.9 Å². The van der Waals surface area contributed by atoms with Crippen LogP contribution in [-0.4, -0.2) is 19.2 Å². The van der Waals surface area contributed by atoms with Crippen LogP contribution in [0.5, 0.6) is 23.1 Å². The van der Waals surface area contributed by atoms with Crippen molar-refractivity contribution in [2.45, 2.75) is 18.9 Å². The number of hydrogen-bond acceptors (Lipinski definition) is 5. The summed E-state index contributed by atoms with van der Waals surface area (Å²) in [5, 5.41) is 2.32. The smallest absolute Gasteiger partial charge is 0.306 e. The van der Waals surface area contributed by atoms with Crippen LogP contribution in [0.1, 0.15) is 28.2 Å². The monoisotopic (exact) mass is 490 g/mol. The van der Waals surface area contributed by atoms with Crippen molar-refractivity contribution in [2.24, 2.45) is 0 Å². The van der Waals surface area contributed by atoms with Crippen LogP contribution in [0.25, 0.3) is 10.8 Å². The minimum Gasteiger partial charge on any atom is -0.493 e. The van der Waals surface area contributed by atoms with Crippen LogP contribution >= 0.6 is 0 Å². The zero-order chi connectivity index (χ0) is 25.4. The fourth-order valence-electron chi connectivity index (χ4n) is 5.22. The number of aryl methyl sites for hydroxylation is 2. The number of nitrogen functional groups attached to an aromatic ring is 1. The first kappa shape index (κ1) is 22.9. The summed E-state index contributed by atoms with van der Waals surface area (Å²) in [4.78, 5) is 4.72. The summed E-state index contributed by atoms with van der Waals surface area (Å²) < 4.78 is 19.2.